The molecule has 0 unspecified atom stereocenters. The average Bonchev–Trinajstić information content (AvgIpc) is 2.54. The monoisotopic (exact) mass is 376 g/mol. The molecule has 10 heteroatoms. The Morgan fingerprint density at radius 1 is 1.42 bits per heavy atom. The molecule has 0 radical (unpaired) electrons. The van der Waals surface area contributed by atoms with Crippen LogP contribution in [0.15, 0.2) is 29.2 Å². The molecule has 0 bridgehead atoms. The van der Waals surface area contributed by atoms with Crippen LogP contribution >= 0.6 is 11.8 Å². The summed E-state index contributed by atoms with van der Waals surface area (Å²) in [6.07, 6.45) is 0. The van der Waals surface area contributed by atoms with Gasteiger partial charge >= 0.3 is 5.97 Å². The fraction of sp³-hybridized carbons (Fsp3) is 0.500. The number of sulfonamides is 1. The highest BCUT2D eigenvalue weighted by Crippen LogP contribution is 2.38. The minimum atomic E-state index is -3.92. The van der Waals surface area contributed by atoms with Crippen LogP contribution in [0, 0.1) is 0 Å². The molecule has 1 aromatic rings. The van der Waals surface area contributed by atoms with E-state index in [4.69, 9.17) is 15.7 Å². The van der Waals surface area contributed by atoms with Crippen LogP contribution in [0.3, 0.4) is 0 Å². The number of hydrogen-bond donors (Lipinski definition) is 2. The van der Waals surface area contributed by atoms with Gasteiger partial charge in [0.15, 0.2) is 6.79 Å². The number of carbonyl (C=O) groups excluding carboxylic acids is 1. The third-order valence-electron chi connectivity index (χ3n) is 3.73. The largest absolute Gasteiger partial charge is 0.468 e. The van der Waals surface area contributed by atoms with Crippen molar-refractivity contribution in [2.24, 2.45) is 5.90 Å². The molecule has 1 aliphatic heterocycles. The van der Waals surface area contributed by atoms with Crippen molar-refractivity contribution in [3.8, 4) is 5.75 Å². The van der Waals surface area contributed by atoms with Gasteiger partial charge in [0, 0.05) is 17.0 Å². The standard InChI is InChI=1S/C14H20N2O6S2/c1-14(2)12(13(18)22-15)16(7-8-23-14)24(19,20)11-5-3-10(4-6-11)21-9-17/h3-6,12,17H,7-9,15H2,1-2H3/t12-/m0/s1. The number of aliphatic hydroxyl groups is 1. The van der Waals surface area contributed by atoms with E-state index in [1.807, 2.05) is 0 Å². The molecule has 1 saturated heterocycles. The Balaban J connectivity index is 2.39. The molecule has 0 amide bonds. The van der Waals surface area contributed by atoms with Gasteiger partial charge in [0.05, 0.1) is 4.90 Å². The summed E-state index contributed by atoms with van der Waals surface area (Å²) >= 11 is 1.49. The number of nitrogens with two attached hydrogens (primary N) is 1. The Morgan fingerprint density at radius 2 is 2.04 bits per heavy atom. The molecule has 0 aliphatic carbocycles. The van der Waals surface area contributed by atoms with E-state index >= 15 is 0 Å². The summed E-state index contributed by atoms with van der Waals surface area (Å²) < 4.78 is 31.2. The van der Waals surface area contributed by atoms with Crippen molar-refractivity contribution in [3.05, 3.63) is 24.3 Å². The van der Waals surface area contributed by atoms with Gasteiger partial charge in [-0.3, -0.25) is 0 Å². The van der Waals surface area contributed by atoms with Crippen molar-refractivity contribution in [1.82, 2.24) is 4.31 Å². The third-order valence-corrected chi connectivity index (χ3v) is 6.97. The SMILES string of the molecule is CC1(C)SCCN(S(=O)(=O)c2ccc(OCO)cc2)[C@H]1C(=O)ON. The molecule has 134 valence electrons. The minimum Gasteiger partial charge on any atom is -0.468 e. The van der Waals surface area contributed by atoms with Gasteiger partial charge in [0.25, 0.3) is 0 Å². The summed E-state index contributed by atoms with van der Waals surface area (Å²) in [6.45, 7) is 3.22. The number of thioether (sulfide) groups is 1. The van der Waals surface area contributed by atoms with Crippen LogP contribution in [-0.4, -0.2) is 53.7 Å². The van der Waals surface area contributed by atoms with Crippen LogP contribution in [0.5, 0.6) is 5.75 Å². The van der Waals surface area contributed by atoms with E-state index in [1.54, 1.807) is 13.8 Å². The second-order valence-electron chi connectivity index (χ2n) is 5.65. The smallest absolute Gasteiger partial charge is 0.344 e. The second kappa shape index (κ2) is 7.28. The Kier molecular flexibility index (Phi) is 5.76. The number of aliphatic hydroxyl groups excluding tert-OH is 1. The maximum absolute atomic E-state index is 13.0. The normalized spacial score (nSPS) is 21.2. The first kappa shape index (κ1) is 19.0. The van der Waals surface area contributed by atoms with Crippen LogP contribution in [0.4, 0.5) is 0 Å². The zero-order valence-electron chi connectivity index (χ0n) is 13.3. The van der Waals surface area contributed by atoms with Crippen molar-refractivity contribution >= 4 is 27.8 Å². The summed E-state index contributed by atoms with van der Waals surface area (Å²) in [5.41, 5.74) is 0. The number of benzene rings is 1. The predicted octanol–water partition coefficient (Wildman–Crippen LogP) is 0.317. The Bertz CT molecular complexity index is 690. The lowest BCUT2D eigenvalue weighted by Gasteiger charge is -2.42. The van der Waals surface area contributed by atoms with E-state index in [1.165, 1.54) is 36.0 Å². The maximum Gasteiger partial charge on any atom is 0.344 e. The Hall–Kier alpha value is -1.33. The van der Waals surface area contributed by atoms with Gasteiger partial charge < -0.3 is 14.7 Å². The molecule has 1 aliphatic rings. The van der Waals surface area contributed by atoms with E-state index in [9.17, 15) is 13.2 Å². The van der Waals surface area contributed by atoms with E-state index in [-0.39, 0.29) is 11.4 Å². The molecule has 0 aromatic heterocycles. The summed E-state index contributed by atoms with van der Waals surface area (Å²) in [7, 11) is -3.92. The number of carbonyl (C=O) groups is 1. The highest BCUT2D eigenvalue weighted by Gasteiger charge is 2.49. The first-order chi connectivity index (χ1) is 11.2. The molecule has 0 spiro atoms. The molecule has 2 rings (SSSR count). The fourth-order valence-electron chi connectivity index (χ4n) is 2.60. The number of rotatable bonds is 5. The lowest BCUT2D eigenvalue weighted by Crippen LogP contribution is -2.59. The van der Waals surface area contributed by atoms with Crippen molar-refractivity contribution in [1.29, 1.82) is 0 Å². The molecular formula is C14H20N2O6S2. The van der Waals surface area contributed by atoms with Crippen LogP contribution in [0.25, 0.3) is 0 Å². The van der Waals surface area contributed by atoms with Gasteiger partial charge in [0.2, 0.25) is 10.0 Å². The van der Waals surface area contributed by atoms with Gasteiger partial charge in [-0.25, -0.2) is 13.2 Å². The minimum absolute atomic E-state index is 0.0188. The lowest BCUT2D eigenvalue weighted by atomic mass is 10.0. The molecule has 1 atom stereocenters. The van der Waals surface area contributed by atoms with E-state index < -0.39 is 33.6 Å². The fourth-order valence-corrected chi connectivity index (χ4v) is 5.68. The van der Waals surface area contributed by atoms with Crippen LogP contribution in [-0.2, 0) is 19.7 Å². The summed E-state index contributed by atoms with van der Waals surface area (Å²) in [5.74, 6) is 5.09. The molecule has 0 saturated carbocycles. The zero-order chi connectivity index (χ0) is 18.0. The topological polar surface area (TPSA) is 119 Å². The first-order valence-electron chi connectivity index (χ1n) is 7.14. The van der Waals surface area contributed by atoms with Crippen LogP contribution in [0.1, 0.15) is 13.8 Å². The molecule has 8 nitrogen and oxygen atoms in total. The Labute approximate surface area is 144 Å². The lowest BCUT2D eigenvalue weighted by molar-refractivity contribution is -0.149. The van der Waals surface area contributed by atoms with Crippen LogP contribution in [0.2, 0.25) is 0 Å². The van der Waals surface area contributed by atoms with E-state index in [0.717, 1.165) is 4.31 Å². The van der Waals surface area contributed by atoms with Gasteiger partial charge in [-0.2, -0.15) is 22.0 Å². The van der Waals surface area contributed by atoms with Gasteiger partial charge in [-0.1, -0.05) is 0 Å². The molecule has 1 fully saturated rings. The Morgan fingerprint density at radius 3 is 2.58 bits per heavy atom. The highest BCUT2D eigenvalue weighted by molar-refractivity contribution is 8.00. The van der Waals surface area contributed by atoms with E-state index in [2.05, 4.69) is 4.84 Å². The molecule has 3 N–H and O–H groups in total. The van der Waals surface area contributed by atoms with Gasteiger partial charge in [-0.05, 0) is 38.1 Å². The van der Waals surface area contributed by atoms with Crippen molar-refractivity contribution in [3.63, 3.8) is 0 Å². The number of nitrogens with zero attached hydrogens (tertiary/aromatic N) is 1. The number of hydrogen-bond acceptors (Lipinski definition) is 8. The van der Waals surface area contributed by atoms with E-state index in [0.29, 0.717) is 11.5 Å². The maximum atomic E-state index is 13.0. The van der Waals surface area contributed by atoms with Crippen molar-refractivity contribution < 1.29 is 27.9 Å². The molecule has 24 heavy (non-hydrogen) atoms. The van der Waals surface area contributed by atoms with Crippen molar-refractivity contribution in [2.45, 2.75) is 29.5 Å². The van der Waals surface area contributed by atoms with Crippen molar-refractivity contribution in [2.75, 3.05) is 19.1 Å². The molecule has 1 heterocycles. The summed E-state index contributed by atoms with van der Waals surface area (Å²) in [6, 6.07) is 4.56. The first-order valence-corrected chi connectivity index (χ1v) is 9.56. The molecule has 1 aromatic carbocycles. The highest BCUT2D eigenvalue weighted by atomic mass is 32.2. The third kappa shape index (κ3) is 3.67. The molecular weight excluding hydrogens is 356 g/mol. The predicted molar refractivity (Wildman–Crippen MR) is 88.7 cm³/mol. The quantitative estimate of drug-likeness (QED) is 0.557. The number of ether oxygens (including phenoxy) is 1. The van der Waals surface area contributed by atoms with Gasteiger partial charge in [-0.15, -0.1) is 0 Å². The zero-order valence-corrected chi connectivity index (χ0v) is 15.0. The van der Waals surface area contributed by atoms with Crippen LogP contribution < -0.4 is 10.6 Å². The summed E-state index contributed by atoms with van der Waals surface area (Å²) in [5, 5.41) is 8.72. The van der Waals surface area contributed by atoms with Gasteiger partial charge in [0.1, 0.15) is 11.8 Å². The average molecular weight is 376 g/mol. The second-order valence-corrected chi connectivity index (χ2v) is 9.29. The summed E-state index contributed by atoms with van der Waals surface area (Å²) in [4.78, 5) is 16.4.